The van der Waals surface area contributed by atoms with Crippen LogP contribution in [0.25, 0.3) is 0 Å². The first kappa shape index (κ1) is 12.7. The van der Waals surface area contributed by atoms with Crippen LogP contribution in [0, 0.1) is 0 Å². The van der Waals surface area contributed by atoms with Crippen molar-refractivity contribution in [3.05, 3.63) is 40.6 Å². The summed E-state index contributed by atoms with van der Waals surface area (Å²) in [5.41, 5.74) is 0.818. The van der Waals surface area contributed by atoms with E-state index in [1.54, 1.807) is 18.0 Å². The number of ether oxygens (including phenoxy) is 1. The molecule has 1 aromatic carbocycles. The van der Waals surface area contributed by atoms with Gasteiger partial charge in [-0.25, -0.2) is 0 Å². The predicted octanol–water partition coefficient (Wildman–Crippen LogP) is 3.80. The molecule has 1 heterocycles. The zero-order valence-corrected chi connectivity index (χ0v) is 11.7. The summed E-state index contributed by atoms with van der Waals surface area (Å²) in [6.07, 6.45) is 3.41. The first-order valence-electron chi connectivity index (χ1n) is 5.48. The highest BCUT2D eigenvalue weighted by atomic mass is 79.9. The van der Waals surface area contributed by atoms with Gasteiger partial charge < -0.3 is 4.74 Å². The minimum Gasteiger partial charge on any atom is -0.501 e. The van der Waals surface area contributed by atoms with Crippen LogP contribution in [0.1, 0.15) is 12.8 Å². The van der Waals surface area contributed by atoms with Crippen LogP contribution >= 0.6 is 27.7 Å². The van der Waals surface area contributed by atoms with Gasteiger partial charge in [-0.1, -0.05) is 22.0 Å². The third-order valence-electron chi connectivity index (χ3n) is 2.46. The largest absolute Gasteiger partial charge is 0.501 e. The topological polar surface area (TPSA) is 26.3 Å². The lowest BCUT2D eigenvalue weighted by atomic mass is 10.1. The maximum atomic E-state index is 11.9. The summed E-state index contributed by atoms with van der Waals surface area (Å²) < 4.78 is 6.21. The molecule has 0 aliphatic carbocycles. The molecule has 0 saturated heterocycles. The van der Waals surface area contributed by atoms with Gasteiger partial charge in [-0.2, -0.15) is 0 Å². The van der Waals surface area contributed by atoms with Gasteiger partial charge in [-0.05, 0) is 31.0 Å². The highest BCUT2D eigenvalue weighted by Gasteiger charge is 2.13. The molecule has 1 aliphatic heterocycles. The van der Waals surface area contributed by atoms with E-state index in [9.17, 15) is 4.79 Å². The Bertz CT molecular complexity index is 443. The lowest BCUT2D eigenvalue weighted by molar-refractivity contribution is -0.113. The van der Waals surface area contributed by atoms with Crippen LogP contribution < -0.4 is 0 Å². The van der Waals surface area contributed by atoms with Crippen LogP contribution in [0.15, 0.2) is 45.5 Å². The number of thioether (sulfide) groups is 1. The Kier molecular flexibility index (Phi) is 4.68. The highest BCUT2D eigenvalue weighted by Crippen LogP contribution is 2.23. The zero-order valence-electron chi connectivity index (χ0n) is 9.32. The fraction of sp³-hybridized carbons (Fsp3) is 0.308. The molecule has 0 amide bonds. The summed E-state index contributed by atoms with van der Waals surface area (Å²) >= 11 is 4.98. The number of hydrogen-bond donors (Lipinski definition) is 0. The zero-order chi connectivity index (χ0) is 12.1. The van der Waals surface area contributed by atoms with Crippen molar-refractivity contribution in [3.63, 3.8) is 0 Å². The third kappa shape index (κ3) is 3.89. The number of allylic oxidation sites excluding steroid dienone is 1. The molecule has 2 nitrogen and oxygen atoms in total. The van der Waals surface area contributed by atoms with E-state index in [-0.39, 0.29) is 5.78 Å². The molecule has 0 spiro atoms. The van der Waals surface area contributed by atoms with Crippen molar-refractivity contribution in [2.75, 3.05) is 12.4 Å². The van der Waals surface area contributed by atoms with E-state index in [0.717, 1.165) is 34.4 Å². The monoisotopic (exact) mass is 312 g/mol. The van der Waals surface area contributed by atoms with E-state index in [1.807, 2.05) is 24.3 Å². The molecular formula is C13H13BrO2S. The summed E-state index contributed by atoms with van der Waals surface area (Å²) in [7, 11) is 0. The predicted molar refractivity (Wildman–Crippen MR) is 73.1 cm³/mol. The van der Waals surface area contributed by atoms with Crippen molar-refractivity contribution < 1.29 is 9.53 Å². The Morgan fingerprint density at radius 3 is 3.06 bits per heavy atom. The van der Waals surface area contributed by atoms with Crippen LogP contribution in [-0.2, 0) is 9.53 Å². The SMILES string of the molecule is O=C(CSc1cccc(Br)c1)C1=COCCC1. The number of halogens is 1. The summed E-state index contributed by atoms with van der Waals surface area (Å²) in [5, 5.41) is 0. The van der Waals surface area contributed by atoms with Crippen molar-refractivity contribution in [1.82, 2.24) is 0 Å². The standard InChI is InChI=1S/C13H13BrO2S/c14-11-4-1-5-12(7-11)17-9-13(15)10-3-2-6-16-8-10/h1,4-5,7-8H,2-3,6,9H2. The molecule has 0 atom stereocenters. The van der Waals surface area contributed by atoms with Gasteiger partial charge >= 0.3 is 0 Å². The highest BCUT2D eigenvalue weighted by molar-refractivity contribution is 9.10. The van der Waals surface area contributed by atoms with E-state index in [4.69, 9.17) is 4.74 Å². The molecule has 90 valence electrons. The Balaban J connectivity index is 1.89. The molecule has 0 fully saturated rings. The average molecular weight is 313 g/mol. The maximum Gasteiger partial charge on any atom is 0.172 e. The number of hydrogen-bond acceptors (Lipinski definition) is 3. The molecule has 0 N–H and O–H groups in total. The fourth-order valence-corrected chi connectivity index (χ4v) is 2.99. The second kappa shape index (κ2) is 6.26. The van der Waals surface area contributed by atoms with Gasteiger partial charge in [0.2, 0.25) is 0 Å². The Morgan fingerprint density at radius 1 is 1.47 bits per heavy atom. The third-order valence-corrected chi connectivity index (χ3v) is 3.95. The van der Waals surface area contributed by atoms with Crippen molar-refractivity contribution >= 4 is 33.5 Å². The molecular weight excluding hydrogens is 300 g/mol. The Morgan fingerprint density at radius 2 is 2.35 bits per heavy atom. The van der Waals surface area contributed by atoms with Crippen molar-refractivity contribution in [1.29, 1.82) is 0 Å². The van der Waals surface area contributed by atoms with Crippen molar-refractivity contribution in [2.24, 2.45) is 0 Å². The van der Waals surface area contributed by atoms with Gasteiger partial charge in [0.05, 0.1) is 18.6 Å². The van der Waals surface area contributed by atoms with Gasteiger partial charge in [0.25, 0.3) is 0 Å². The molecule has 0 bridgehead atoms. The van der Waals surface area contributed by atoms with E-state index in [2.05, 4.69) is 15.9 Å². The number of carbonyl (C=O) groups excluding carboxylic acids is 1. The normalized spacial score (nSPS) is 15.0. The van der Waals surface area contributed by atoms with Crippen LogP contribution in [0.4, 0.5) is 0 Å². The number of Topliss-reactive ketones (excluding diaryl/α,β-unsaturated/α-hetero) is 1. The molecule has 17 heavy (non-hydrogen) atoms. The molecule has 0 radical (unpaired) electrons. The maximum absolute atomic E-state index is 11.9. The van der Waals surface area contributed by atoms with Gasteiger partial charge in [-0.3, -0.25) is 4.79 Å². The lowest BCUT2D eigenvalue weighted by Gasteiger charge is -2.12. The number of rotatable bonds is 4. The number of benzene rings is 1. The van der Waals surface area contributed by atoms with E-state index in [1.165, 1.54) is 0 Å². The van der Waals surface area contributed by atoms with Gasteiger partial charge in [-0.15, -0.1) is 11.8 Å². The molecule has 0 aromatic heterocycles. The Hall–Kier alpha value is -0.740. The summed E-state index contributed by atoms with van der Waals surface area (Å²) in [6, 6.07) is 7.97. The summed E-state index contributed by atoms with van der Waals surface area (Å²) in [4.78, 5) is 13.0. The van der Waals surface area contributed by atoms with Gasteiger partial charge in [0.15, 0.2) is 5.78 Å². The summed E-state index contributed by atoms with van der Waals surface area (Å²) in [6.45, 7) is 0.732. The molecule has 0 unspecified atom stereocenters. The smallest absolute Gasteiger partial charge is 0.172 e. The minimum atomic E-state index is 0.176. The van der Waals surface area contributed by atoms with E-state index < -0.39 is 0 Å². The van der Waals surface area contributed by atoms with Crippen LogP contribution in [-0.4, -0.2) is 18.1 Å². The fourth-order valence-electron chi connectivity index (χ4n) is 1.57. The average Bonchev–Trinajstić information content (AvgIpc) is 2.37. The van der Waals surface area contributed by atoms with Gasteiger partial charge in [0, 0.05) is 14.9 Å². The lowest BCUT2D eigenvalue weighted by Crippen LogP contribution is -2.10. The quantitative estimate of drug-likeness (QED) is 0.791. The number of ketones is 1. The Labute approximate surface area is 114 Å². The second-order valence-electron chi connectivity index (χ2n) is 3.79. The van der Waals surface area contributed by atoms with Crippen LogP contribution in [0.3, 0.4) is 0 Å². The number of carbonyl (C=O) groups is 1. The molecule has 2 rings (SSSR count). The van der Waals surface area contributed by atoms with E-state index >= 15 is 0 Å². The van der Waals surface area contributed by atoms with Crippen LogP contribution in [0.5, 0.6) is 0 Å². The van der Waals surface area contributed by atoms with Crippen molar-refractivity contribution in [2.45, 2.75) is 17.7 Å². The van der Waals surface area contributed by atoms with Crippen LogP contribution in [0.2, 0.25) is 0 Å². The molecule has 1 aromatic rings. The first-order valence-corrected chi connectivity index (χ1v) is 7.26. The van der Waals surface area contributed by atoms with Gasteiger partial charge in [0.1, 0.15) is 0 Å². The minimum absolute atomic E-state index is 0.176. The van der Waals surface area contributed by atoms with Crippen molar-refractivity contribution in [3.8, 4) is 0 Å². The summed E-state index contributed by atoms with van der Waals surface area (Å²) in [5.74, 6) is 0.653. The molecule has 4 heteroatoms. The van der Waals surface area contributed by atoms with E-state index in [0.29, 0.717) is 5.75 Å². The molecule has 1 aliphatic rings. The second-order valence-corrected chi connectivity index (χ2v) is 5.75. The first-order chi connectivity index (χ1) is 8.25. The molecule has 0 saturated carbocycles.